The fourth-order valence-electron chi connectivity index (χ4n) is 9.51. The van der Waals surface area contributed by atoms with Crippen LogP contribution >= 0.6 is 22.7 Å². The Morgan fingerprint density at radius 3 is 2.42 bits per heavy atom. The molecule has 3 aromatic carbocycles. The number of nitrogens with one attached hydrogen (secondary N) is 5. The van der Waals surface area contributed by atoms with Gasteiger partial charge in [0.1, 0.15) is 23.6 Å². The smallest absolute Gasteiger partial charge is 0.410 e. The summed E-state index contributed by atoms with van der Waals surface area (Å²) in [5.41, 5.74) is 7.73. The molecule has 92 heavy (non-hydrogen) atoms. The van der Waals surface area contributed by atoms with Crippen LogP contribution in [0.4, 0.5) is 41.6 Å². The van der Waals surface area contributed by atoms with Gasteiger partial charge >= 0.3 is 18.1 Å². The molecule has 0 bridgehead atoms. The first-order valence-electron chi connectivity index (χ1n) is 28.9. The second kappa shape index (κ2) is 31.4. The minimum Gasteiger partial charge on any atom is -0.491 e. The van der Waals surface area contributed by atoms with Gasteiger partial charge in [0.15, 0.2) is 39.2 Å². The topological polar surface area (TPSA) is 386 Å². The Bertz CT molecular complexity index is 3950. The molecule has 6 aromatic rings. The number of nitrogens with zero attached hydrogens (tertiary/aromatic N) is 7. The molecule has 8 rings (SSSR count). The number of carboxylic acid groups (broad SMARTS) is 1. The van der Waals surface area contributed by atoms with Crippen molar-refractivity contribution in [2.45, 2.75) is 89.3 Å². The van der Waals surface area contributed by atoms with Gasteiger partial charge in [-0.3, -0.25) is 33.4 Å². The molecule has 5 heterocycles. The number of halogens is 1. The summed E-state index contributed by atoms with van der Waals surface area (Å²) in [6.45, 7) is 4.80. The van der Waals surface area contributed by atoms with Gasteiger partial charge in [-0.25, -0.2) is 28.7 Å². The van der Waals surface area contributed by atoms with Gasteiger partial charge in [0.05, 0.1) is 43.1 Å². The molecule has 2 atom stereocenters. The first-order chi connectivity index (χ1) is 43.9. The maximum Gasteiger partial charge on any atom is 0.410 e. The number of aromatic nitrogens is 4. The highest BCUT2D eigenvalue weighted by Gasteiger charge is 2.32. The lowest BCUT2D eigenvalue weighted by Crippen LogP contribution is -2.54. The maximum absolute atomic E-state index is 15.3. The zero-order valence-electron chi connectivity index (χ0n) is 50.3. The number of fused-ring (bicyclic) bond motifs is 2. The number of urea groups is 1. The van der Waals surface area contributed by atoms with Crippen LogP contribution in [0.15, 0.2) is 77.7 Å². The molecule has 3 aromatic heterocycles. The van der Waals surface area contributed by atoms with Crippen molar-refractivity contribution < 1.29 is 75.0 Å². The summed E-state index contributed by atoms with van der Waals surface area (Å²) in [5.74, 6) is 1.03. The van der Waals surface area contributed by atoms with Crippen LogP contribution in [-0.2, 0) is 63.0 Å². The molecule has 28 nitrogen and oxygen atoms in total. The van der Waals surface area contributed by atoms with Gasteiger partial charge in [0.25, 0.3) is 21.9 Å². The van der Waals surface area contributed by atoms with Crippen LogP contribution in [-0.4, -0.2) is 161 Å². The van der Waals surface area contributed by atoms with Crippen LogP contribution in [0.3, 0.4) is 0 Å². The highest BCUT2D eigenvalue weighted by atomic mass is 32.2. The summed E-state index contributed by atoms with van der Waals surface area (Å²) in [4.78, 5) is 113. The normalized spacial score (nSPS) is 13.4. The minimum absolute atomic E-state index is 0.00545. The van der Waals surface area contributed by atoms with Gasteiger partial charge in [0, 0.05) is 71.5 Å². The number of anilines is 5. The van der Waals surface area contributed by atoms with E-state index >= 15 is 4.39 Å². The standard InChI is InChI=1S/C60H66FN13O15S3/c1-34(2)50(67-47(75)23-29-87-30-27-73-48(76)21-22-49(73)77)55(79)65-42(14-7-24-63-57(62)82)54(78)64-38-19-18-37(46(32-38)92(84,85)86)33-89-60(83)72(4)25-8-11-36-17-20-43(40(61)31-36)88-28-10-16-45-51(56(80)81)68-59(91-45)74-26-9-12-39-35(3)52(70-71-53(39)74)69-58-66-41-13-5-6-15-44(41)90-58/h5-6,13,15,17-22,31-32,34,42,50H,7,9-10,12,14,16,23-30,33H2,1-4H3,(H,64,78)(H,65,79)(H,67,75)(H,80,81)(H3,62,63,82)(H,66,69,70)(H,84,85,86)/t42-,50-/m0/s1. The molecule has 8 amide bonds. The Labute approximate surface area is 535 Å². The molecule has 2 aliphatic rings. The fraction of sp³-hybridized carbons (Fsp3) is 0.367. The molecule has 2 aliphatic heterocycles. The lowest BCUT2D eigenvalue weighted by atomic mass is 10.0. The molecule has 0 fully saturated rings. The van der Waals surface area contributed by atoms with Crippen molar-refractivity contribution in [1.82, 2.24) is 45.9 Å². The fourth-order valence-corrected chi connectivity index (χ4v) is 12.2. The maximum atomic E-state index is 15.3. The molecule has 486 valence electrons. The number of ether oxygens (including phenoxy) is 3. The average Bonchev–Trinajstić information content (AvgIpc) is 1.46. The van der Waals surface area contributed by atoms with Crippen molar-refractivity contribution in [2.24, 2.45) is 11.7 Å². The first kappa shape index (κ1) is 68.2. The number of amides is 8. The molecule has 0 spiro atoms. The highest BCUT2D eigenvalue weighted by molar-refractivity contribution is 7.85. The van der Waals surface area contributed by atoms with Crippen LogP contribution in [0.1, 0.15) is 83.6 Å². The molecular formula is C60H66FN13O15S3. The molecule has 32 heteroatoms. The van der Waals surface area contributed by atoms with E-state index in [9.17, 15) is 56.4 Å². The number of aryl methyl sites for hydroxylation is 1. The van der Waals surface area contributed by atoms with E-state index in [1.807, 2.05) is 36.1 Å². The van der Waals surface area contributed by atoms with Gasteiger partial charge in [-0.15, -0.1) is 21.5 Å². The number of benzene rings is 3. The quantitative estimate of drug-likeness (QED) is 0.0120. The Morgan fingerprint density at radius 1 is 0.935 bits per heavy atom. The second-order valence-corrected chi connectivity index (χ2v) is 24.8. The molecular weight excluding hydrogens is 1260 g/mol. The van der Waals surface area contributed by atoms with E-state index in [-0.39, 0.29) is 93.4 Å². The zero-order chi connectivity index (χ0) is 66.2. The largest absolute Gasteiger partial charge is 0.491 e. The Kier molecular flexibility index (Phi) is 23.3. The number of carbonyl (C=O) groups excluding carboxylic acids is 7. The minimum atomic E-state index is -5.02. The van der Waals surface area contributed by atoms with Crippen molar-refractivity contribution in [2.75, 3.05) is 68.6 Å². The summed E-state index contributed by atoms with van der Waals surface area (Å²) in [6.07, 6.45) is 3.27. The Balaban J connectivity index is 0.802. The van der Waals surface area contributed by atoms with E-state index < -0.39 is 93.1 Å². The lowest BCUT2D eigenvalue weighted by molar-refractivity contribution is -0.138. The van der Waals surface area contributed by atoms with Gasteiger partial charge in [-0.2, -0.15) is 8.42 Å². The van der Waals surface area contributed by atoms with Crippen LogP contribution in [0.2, 0.25) is 0 Å². The van der Waals surface area contributed by atoms with E-state index in [1.54, 1.807) is 13.8 Å². The van der Waals surface area contributed by atoms with E-state index in [2.05, 4.69) is 58.6 Å². The number of carboxylic acids is 1. The highest BCUT2D eigenvalue weighted by Crippen LogP contribution is 2.39. The lowest BCUT2D eigenvalue weighted by Gasteiger charge is -2.28. The summed E-state index contributed by atoms with van der Waals surface area (Å²) >= 11 is 2.74. The Morgan fingerprint density at radius 2 is 1.71 bits per heavy atom. The number of hydrogen-bond donors (Lipinski definition) is 8. The van der Waals surface area contributed by atoms with E-state index in [1.165, 1.54) is 54.0 Å². The number of para-hydroxylation sites is 1. The van der Waals surface area contributed by atoms with Crippen molar-refractivity contribution in [1.29, 1.82) is 0 Å². The SMILES string of the molecule is Cc1c(Nc2nc3ccccc3s2)nnc2c1CCCN2c1nc(C(=O)O)c(CCCOc2ccc(C#CCN(C)C(=O)OCc3ccc(NC(=O)[C@H](CCCNC(N)=O)NC(=O)[C@@H](NC(=O)CCOCCN4C(=O)C=CC4=O)C(C)C)cc3S(=O)(=O)O)cc2F)s1. The third-order valence-corrected chi connectivity index (χ3v) is 17.3. The summed E-state index contributed by atoms with van der Waals surface area (Å²) in [5, 5.41) is 33.7. The average molecular weight is 1320 g/mol. The van der Waals surface area contributed by atoms with Crippen LogP contribution in [0.25, 0.3) is 10.2 Å². The van der Waals surface area contributed by atoms with E-state index in [4.69, 9.17) is 19.9 Å². The summed E-state index contributed by atoms with van der Waals surface area (Å²) < 4.78 is 68.3. The number of rotatable bonds is 29. The molecule has 0 saturated carbocycles. The molecule has 0 saturated heterocycles. The Hall–Kier alpha value is -9.68. The summed E-state index contributed by atoms with van der Waals surface area (Å²) in [7, 11) is -3.68. The van der Waals surface area contributed by atoms with Gasteiger partial charge in [-0.1, -0.05) is 55.2 Å². The number of carbonyl (C=O) groups is 8. The summed E-state index contributed by atoms with van der Waals surface area (Å²) in [6, 6.07) is 11.9. The molecule has 0 radical (unpaired) electrons. The molecule has 0 aliphatic carbocycles. The predicted molar refractivity (Wildman–Crippen MR) is 336 cm³/mol. The van der Waals surface area contributed by atoms with E-state index in [0.717, 1.165) is 68.3 Å². The monoisotopic (exact) mass is 1320 g/mol. The molecule has 9 N–H and O–H groups in total. The molecule has 0 unspecified atom stereocenters. The number of thiazole rings is 2. The third kappa shape index (κ3) is 18.3. The van der Waals surface area contributed by atoms with Crippen molar-refractivity contribution in [3.8, 4) is 17.6 Å². The van der Waals surface area contributed by atoms with Crippen molar-refractivity contribution in [3.05, 3.63) is 111 Å². The number of primary amides is 1. The number of aromatic carboxylic acids is 1. The van der Waals surface area contributed by atoms with Crippen molar-refractivity contribution in [3.63, 3.8) is 0 Å². The van der Waals surface area contributed by atoms with Gasteiger partial charge in [0.2, 0.25) is 17.7 Å². The van der Waals surface area contributed by atoms with Crippen LogP contribution < -0.4 is 42.0 Å². The van der Waals surface area contributed by atoms with Crippen LogP contribution in [0, 0.1) is 30.5 Å². The first-order valence-corrected chi connectivity index (χ1v) is 31.9. The zero-order valence-corrected chi connectivity index (χ0v) is 52.7. The second-order valence-electron chi connectivity index (χ2n) is 21.3. The third-order valence-electron chi connectivity index (χ3n) is 14.3. The predicted octanol–water partition coefficient (Wildman–Crippen LogP) is 5.74. The van der Waals surface area contributed by atoms with E-state index in [0.29, 0.717) is 39.7 Å². The van der Waals surface area contributed by atoms with Gasteiger partial charge < -0.3 is 61.4 Å². The van der Waals surface area contributed by atoms with Gasteiger partial charge in [-0.05, 0) is 93.8 Å². The van der Waals surface area contributed by atoms with Crippen LogP contribution in [0.5, 0.6) is 5.75 Å². The van der Waals surface area contributed by atoms with Crippen molar-refractivity contribution >= 4 is 118 Å². The number of nitrogens with two attached hydrogens (primary N) is 1. The number of imide groups is 1. The number of hydrogen-bond acceptors (Lipinski definition) is 21.